The molecule has 2 aliphatic heterocycles. The second-order valence-electron chi connectivity index (χ2n) is 6.56. The van der Waals surface area contributed by atoms with Crippen LogP contribution >= 0.6 is 0 Å². The van der Waals surface area contributed by atoms with Gasteiger partial charge in [-0.1, -0.05) is 0 Å². The first kappa shape index (κ1) is 15.7. The molecule has 0 radical (unpaired) electrons. The summed E-state index contributed by atoms with van der Waals surface area (Å²) in [7, 11) is 0. The molecule has 1 fully saturated rings. The van der Waals surface area contributed by atoms with Crippen LogP contribution in [0.2, 0.25) is 0 Å². The van der Waals surface area contributed by atoms with Crippen molar-refractivity contribution in [2.75, 3.05) is 23.3 Å². The lowest BCUT2D eigenvalue weighted by Crippen LogP contribution is -2.34. The number of rotatable bonds is 2. The van der Waals surface area contributed by atoms with Crippen molar-refractivity contribution >= 4 is 23.3 Å². The van der Waals surface area contributed by atoms with Gasteiger partial charge in [0.05, 0.1) is 12.3 Å². The van der Waals surface area contributed by atoms with Gasteiger partial charge in [-0.05, 0) is 55.2 Å². The molecule has 6 heteroatoms. The average Bonchev–Trinajstić information content (AvgIpc) is 3.33. The molecule has 2 aliphatic rings. The number of hydrogen-bond acceptors (Lipinski definition) is 3. The molecular formula is C19H21N3O3. The van der Waals surface area contributed by atoms with E-state index in [0.717, 1.165) is 48.5 Å². The molecule has 1 N–H and O–H groups in total. The second kappa shape index (κ2) is 6.27. The van der Waals surface area contributed by atoms with Crippen LogP contribution in [0.15, 0.2) is 41.0 Å². The minimum Gasteiger partial charge on any atom is -0.467 e. The zero-order valence-corrected chi connectivity index (χ0v) is 14.2. The minimum absolute atomic E-state index is 0.00219. The normalized spacial score (nSPS) is 19.2. The quantitative estimate of drug-likeness (QED) is 0.910. The summed E-state index contributed by atoms with van der Waals surface area (Å²) in [6.45, 7) is 3.00. The van der Waals surface area contributed by atoms with E-state index in [0.29, 0.717) is 6.54 Å². The topological polar surface area (TPSA) is 65.8 Å². The van der Waals surface area contributed by atoms with Crippen molar-refractivity contribution in [2.24, 2.45) is 0 Å². The van der Waals surface area contributed by atoms with Gasteiger partial charge in [-0.3, -0.25) is 4.79 Å². The van der Waals surface area contributed by atoms with Gasteiger partial charge in [0.15, 0.2) is 0 Å². The minimum atomic E-state index is -0.111. The van der Waals surface area contributed by atoms with E-state index in [4.69, 9.17) is 4.42 Å². The van der Waals surface area contributed by atoms with E-state index in [1.807, 2.05) is 35.2 Å². The van der Waals surface area contributed by atoms with Crippen LogP contribution in [0, 0.1) is 0 Å². The van der Waals surface area contributed by atoms with Gasteiger partial charge in [-0.15, -0.1) is 0 Å². The monoisotopic (exact) mass is 339 g/mol. The fraction of sp³-hybridized carbons (Fsp3) is 0.368. The van der Waals surface area contributed by atoms with Crippen molar-refractivity contribution in [1.29, 1.82) is 0 Å². The molecule has 0 spiro atoms. The highest BCUT2D eigenvalue weighted by molar-refractivity contribution is 5.95. The first-order chi connectivity index (χ1) is 12.1. The van der Waals surface area contributed by atoms with Crippen molar-refractivity contribution in [3.8, 4) is 0 Å². The second-order valence-corrected chi connectivity index (χ2v) is 6.56. The number of benzene rings is 1. The van der Waals surface area contributed by atoms with Gasteiger partial charge in [-0.2, -0.15) is 0 Å². The number of anilines is 2. The zero-order chi connectivity index (χ0) is 17.4. The first-order valence-electron chi connectivity index (χ1n) is 8.65. The van der Waals surface area contributed by atoms with Crippen molar-refractivity contribution in [3.63, 3.8) is 0 Å². The van der Waals surface area contributed by atoms with E-state index < -0.39 is 0 Å². The summed E-state index contributed by atoms with van der Waals surface area (Å²) in [5, 5.41) is 2.99. The molecule has 4 rings (SSSR count). The van der Waals surface area contributed by atoms with Gasteiger partial charge in [-0.25, -0.2) is 4.79 Å². The standard InChI is InChI=1S/C19H21N3O3/c1-13(23)21-10-8-14-12-15(6-7-16(14)21)20-19(24)22-9-2-4-17(22)18-5-3-11-25-18/h3,5-7,11-12,17H,2,4,8-10H2,1H3,(H,20,24)/t17-/m0/s1. The van der Waals surface area contributed by atoms with E-state index >= 15 is 0 Å². The van der Waals surface area contributed by atoms with Gasteiger partial charge in [0.25, 0.3) is 0 Å². The van der Waals surface area contributed by atoms with Gasteiger partial charge in [0.1, 0.15) is 5.76 Å². The first-order valence-corrected chi connectivity index (χ1v) is 8.65. The molecule has 0 saturated carbocycles. The third-order valence-corrected chi connectivity index (χ3v) is 4.99. The zero-order valence-electron chi connectivity index (χ0n) is 14.2. The number of furan rings is 1. The Morgan fingerprint density at radius 1 is 1.24 bits per heavy atom. The smallest absolute Gasteiger partial charge is 0.322 e. The fourth-order valence-corrected chi connectivity index (χ4v) is 3.79. The molecule has 3 amide bonds. The Bertz CT molecular complexity index is 800. The number of amides is 3. The summed E-state index contributed by atoms with van der Waals surface area (Å²) >= 11 is 0. The number of nitrogens with one attached hydrogen (secondary N) is 1. The Morgan fingerprint density at radius 3 is 2.88 bits per heavy atom. The number of carbonyl (C=O) groups is 2. The fourth-order valence-electron chi connectivity index (χ4n) is 3.79. The molecule has 1 aromatic carbocycles. The number of nitrogens with zero attached hydrogens (tertiary/aromatic N) is 2. The molecule has 6 nitrogen and oxygen atoms in total. The maximum Gasteiger partial charge on any atom is 0.322 e. The molecule has 3 heterocycles. The maximum atomic E-state index is 12.7. The summed E-state index contributed by atoms with van der Waals surface area (Å²) in [5.74, 6) is 0.882. The van der Waals surface area contributed by atoms with Crippen LogP contribution in [0.1, 0.15) is 37.1 Å². The summed E-state index contributed by atoms with van der Waals surface area (Å²) in [6.07, 6.45) is 4.34. The predicted molar refractivity (Wildman–Crippen MR) is 94.6 cm³/mol. The summed E-state index contributed by atoms with van der Waals surface area (Å²) in [5.41, 5.74) is 2.80. The van der Waals surface area contributed by atoms with Gasteiger partial charge < -0.3 is 19.5 Å². The molecule has 1 aromatic heterocycles. The van der Waals surface area contributed by atoms with Crippen molar-refractivity contribution in [1.82, 2.24) is 4.90 Å². The number of carbonyl (C=O) groups excluding carboxylic acids is 2. The van der Waals surface area contributed by atoms with Crippen LogP contribution in [0.5, 0.6) is 0 Å². The van der Waals surface area contributed by atoms with Crippen LogP contribution in [0.25, 0.3) is 0 Å². The van der Waals surface area contributed by atoms with Gasteiger partial charge in [0, 0.05) is 31.4 Å². The van der Waals surface area contributed by atoms with Gasteiger partial charge in [0.2, 0.25) is 5.91 Å². The largest absolute Gasteiger partial charge is 0.467 e. The molecule has 0 aliphatic carbocycles. The molecule has 0 unspecified atom stereocenters. The molecule has 2 aromatic rings. The third-order valence-electron chi connectivity index (χ3n) is 4.99. The molecule has 1 saturated heterocycles. The van der Waals surface area contributed by atoms with Crippen molar-refractivity contribution < 1.29 is 14.0 Å². The highest BCUT2D eigenvalue weighted by Gasteiger charge is 2.32. The number of hydrogen-bond donors (Lipinski definition) is 1. The van der Waals surface area contributed by atoms with Crippen LogP contribution in [-0.4, -0.2) is 29.9 Å². The molecule has 130 valence electrons. The Hall–Kier alpha value is -2.76. The number of likely N-dealkylation sites (tertiary alicyclic amines) is 1. The summed E-state index contributed by atoms with van der Waals surface area (Å²) in [6, 6.07) is 9.39. The van der Waals surface area contributed by atoms with Crippen molar-refractivity contribution in [3.05, 3.63) is 47.9 Å². The summed E-state index contributed by atoms with van der Waals surface area (Å²) in [4.78, 5) is 27.9. The average molecular weight is 339 g/mol. The predicted octanol–water partition coefficient (Wildman–Crippen LogP) is 3.56. The maximum absolute atomic E-state index is 12.7. The molecular weight excluding hydrogens is 318 g/mol. The van der Waals surface area contributed by atoms with E-state index in [1.165, 1.54) is 0 Å². The van der Waals surface area contributed by atoms with Crippen LogP contribution in [0.3, 0.4) is 0 Å². The van der Waals surface area contributed by atoms with E-state index in [2.05, 4.69) is 5.32 Å². The Balaban J connectivity index is 1.49. The van der Waals surface area contributed by atoms with Crippen LogP contribution in [0.4, 0.5) is 16.2 Å². The van der Waals surface area contributed by atoms with Gasteiger partial charge >= 0.3 is 6.03 Å². The molecule has 0 bridgehead atoms. The SMILES string of the molecule is CC(=O)N1CCc2cc(NC(=O)N3CCC[C@H]3c3ccco3)ccc21. The van der Waals surface area contributed by atoms with Crippen LogP contribution < -0.4 is 10.2 Å². The lowest BCUT2D eigenvalue weighted by atomic mass is 10.1. The third kappa shape index (κ3) is 2.88. The van der Waals surface area contributed by atoms with Crippen molar-refractivity contribution in [2.45, 2.75) is 32.2 Å². The van der Waals surface area contributed by atoms with E-state index in [-0.39, 0.29) is 18.0 Å². The number of urea groups is 1. The highest BCUT2D eigenvalue weighted by Crippen LogP contribution is 2.34. The van der Waals surface area contributed by atoms with E-state index in [9.17, 15) is 9.59 Å². The Morgan fingerprint density at radius 2 is 2.12 bits per heavy atom. The lowest BCUT2D eigenvalue weighted by molar-refractivity contribution is -0.116. The van der Waals surface area contributed by atoms with E-state index in [1.54, 1.807) is 18.1 Å². The Kier molecular flexibility index (Phi) is 3.95. The number of fused-ring (bicyclic) bond motifs is 1. The molecule has 1 atom stereocenters. The lowest BCUT2D eigenvalue weighted by Gasteiger charge is -2.23. The molecule has 25 heavy (non-hydrogen) atoms. The summed E-state index contributed by atoms with van der Waals surface area (Å²) < 4.78 is 5.48. The highest BCUT2D eigenvalue weighted by atomic mass is 16.3. The Labute approximate surface area is 146 Å². The van der Waals surface area contributed by atoms with Crippen LogP contribution in [-0.2, 0) is 11.2 Å².